The Morgan fingerprint density at radius 3 is 2.58 bits per heavy atom. The molecule has 0 saturated carbocycles. The van der Waals surface area contributed by atoms with Crippen LogP contribution in [0.25, 0.3) is 11.0 Å². The van der Waals surface area contributed by atoms with Crippen LogP contribution in [0.5, 0.6) is 11.5 Å². The number of aromatic amines is 1. The molecule has 1 aliphatic rings. The van der Waals surface area contributed by atoms with Crippen molar-refractivity contribution in [3.63, 3.8) is 0 Å². The fourth-order valence-electron chi connectivity index (χ4n) is 2.76. The average molecular weight is 261 g/mol. The van der Waals surface area contributed by atoms with Gasteiger partial charge in [0.05, 0.1) is 25.3 Å². The van der Waals surface area contributed by atoms with Crippen molar-refractivity contribution in [3.05, 3.63) is 18.0 Å². The number of benzene rings is 1. The van der Waals surface area contributed by atoms with Crippen LogP contribution in [0.1, 0.15) is 25.1 Å². The van der Waals surface area contributed by atoms with E-state index in [1.165, 1.54) is 0 Å². The van der Waals surface area contributed by atoms with Crippen molar-refractivity contribution in [2.24, 2.45) is 0 Å². The highest BCUT2D eigenvalue weighted by molar-refractivity contribution is 5.80. The van der Waals surface area contributed by atoms with Crippen molar-refractivity contribution in [2.45, 2.75) is 25.3 Å². The van der Waals surface area contributed by atoms with Crippen molar-refractivity contribution in [1.82, 2.24) is 15.3 Å². The van der Waals surface area contributed by atoms with Crippen LogP contribution in [-0.2, 0) is 0 Å². The van der Waals surface area contributed by atoms with Gasteiger partial charge in [0.25, 0.3) is 0 Å². The number of fused-ring (bicyclic) bond motifs is 1. The summed E-state index contributed by atoms with van der Waals surface area (Å²) in [4.78, 5) is 8.11. The summed E-state index contributed by atoms with van der Waals surface area (Å²) in [5.41, 5.74) is 1.92. The maximum Gasteiger partial charge on any atom is 0.163 e. The number of nitrogens with zero attached hydrogens (tertiary/aromatic N) is 1. The summed E-state index contributed by atoms with van der Waals surface area (Å²) in [5.74, 6) is 2.93. The van der Waals surface area contributed by atoms with Gasteiger partial charge in [-0.15, -0.1) is 0 Å². The molecule has 5 heteroatoms. The lowest BCUT2D eigenvalue weighted by Crippen LogP contribution is -2.22. The minimum absolute atomic E-state index is 0.449. The Bertz CT molecular complexity index is 553. The molecule has 2 atom stereocenters. The largest absolute Gasteiger partial charge is 0.493 e. The van der Waals surface area contributed by atoms with E-state index >= 15 is 0 Å². The summed E-state index contributed by atoms with van der Waals surface area (Å²) in [6.07, 6.45) is 1.12. The quantitative estimate of drug-likeness (QED) is 0.887. The molecule has 19 heavy (non-hydrogen) atoms. The van der Waals surface area contributed by atoms with E-state index in [-0.39, 0.29) is 0 Å². The third-order valence-corrected chi connectivity index (χ3v) is 3.88. The molecule has 0 amide bonds. The minimum atomic E-state index is 0.449. The van der Waals surface area contributed by atoms with Gasteiger partial charge >= 0.3 is 0 Å². The zero-order valence-electron chi connectivity index (χ0n) is 11.5. The molecule has 5 nitrogen and oxygen atoms in total. The van der Waals surface area contributed by atoms with Gasteiger partial charge in [0, 0.05) is 24.1 Å². The second kappa shape index (κ2) is 4.74. The van der Waals surface area contributed by atoms with Crippen LogP contribution in [0.4, 0.5) is 0 Å². The summed E-state index contributed by atoms with van der Waals surface area (Å²) in [6, 6.07) is 4.32. The van der Waals surface area contributed by atoms with Crippen LogP contribution >= 0.6 is 0 Å². The smallest absolute Gasteiger partial charge is 0.163 e. The lowest BCUT2D eigenvalue weighted by atomic mass is 10.0. The fourth-order valence-corrected chi connectivity index (χ4v) is 2.76. The molecule has 102 valence electrons. The zero-order chi connectivity index (χ0) is 13.4. The number of nitrogens with one attached hydrogen (secondary N) is 2. The van der Waals surface area contributed by atoms with Gasteiger partial charge in [-0.1, -0.05) is 0 Å². The molecule has 0 spiro atoms. The van der Waals surface area contributed by atoms with E-state index in [4.69, 9.17) is 14.5 Å². The van der Waals surface area contributed by atoms with E-state index in [1.54, 1.807) is 14.2 Å². The first-order chi connectivity index (χ1) is 9.22. The van der Waals surface area contributed by atoms with Crippen LogP contribution in [0.2, 0.25) is 0 Å². The Morgan fingerprint density at radius 1 is 1.21 bits per heavy atom. The highest BCUT2D eigenvalue weighted by atomic mass is 16.5. The Kier molecular flexibility index (Phi) is 3.06. The molecule has 0 bridgehead atoms. The Morgan fingerprint density at radius 2 is 1.95 bits per heavy atom. The molecule has 3 rings (SSSR count). The van der Waals surface area contributed by atoms with Gasteiger partial charge in [0.1, 0.15) is 5.82 Å². The van der Waals surface area contributed by atoms with E-state index < -0.39 is 0 Å². The van der Waals surface area contributed by atoms with Crippen molar-refractivity contribution in [1.29, 1.82) is 0 Å². The van der Waals surface area contributed by atoms with E-state index in [9.17, 15) is 0 Å². The van der Waals surface area contributed by atoms with E-state index in [0.717, 1.165) is 35.6 Å². The van der Waals surface area contributed by atoms with E-state index in [0.29, 0.717) is 17.7 Å². The highest BCUT2D eigenvalue weighted by Gasteiger charge is 2.27. The van der Waals surface area contributed by atoms with Gasteiger partial charge in [-0.25, -0.2) is 4.98 Å². The molecule has 1 fully saturated rings. The van der Waals surface area contributed by atoms with Gasteiger partial charge < -0.3 is 19.8 Å². The number of aromatic nitrogens is 2. The summed E-state index contributed by atoms with van der Waals surface area (Å²) in [7, 11) is 3.28. The minimum Gasteiger partial charge on any atom is -0.493 e. The van der Waals surface area contributed by atoms with Crippen molar-refractivity contribution >= 4 is 11.0 Å². The molecule has 2 aromatic rings. The summed E-state index contributed by atoms with van der Waals surface area (Å²) < 4.78 is 10.6. The number of rotatable bonds is 3. The summed E-state index contributed by atoms with van der Waals surface area (Å²) in [5, 5.41) is 3.45. The third-order valence-electron chi connectivity index (χ3n) is 3.88. The Hall–Kier alpha value is -1.75. The maximum atomic E-state index is 5.32. The van der Waals surface area contributed by atoms with Crippen LogP contribution < -0.4 is 14.8 Å². The molecule has 1 saturated heterocycles. The highest BCUT2D eigenvalue weighted by Crippen LogP contribution is 2.33. The lowest BCUT2D eigenvalue weighted by molar-refractivity contribution is 0.356. The zero-order valence-corrected chi connectivity index (χ0v) is 11.5. The maximum absolute atomic E-state index is 5.32. The molecule has 2 N–H and O–H groups in total. The molecule has 1 aromatic heterocycles. The predicted octanol–water partition coefficient (Wildman–Crippen LogP) is 2.05. The van der Waals surface area contributed by atoms with Gasteiger partial charge in [0.2, 0.25) is 0 Å². The van der Waals surface area contributed by atoms with Crippen molar-refractivity contribution < 1.29 is 9.47 Å². The SMILES string of the molecule is COc1cc2nc(C3CCNC3C)[nH]c2cc1OC. The number of H-pyrrole nitrogens is 1. The predicted molar refractivity (Wildman–Crippen MR) is 74.0 cm³/mol. The first-order valence-corrected chi connectivity index (χ1v) is 6.58. The first kappa shape index (κ1) is 12.3. The number of hydrogen-bond donors (Lipinski definition) is 2. The molecule has 1 aliphatic heterocycles. The second-order valence-electron chi connectivity index (χ2n) is 4.98. The third kappa shape index (κ3) is 2.04. The molecule has 2 unspecified atom stereocenters. The fraction of sp³-hybridized carbons (Fsp3) is 0.500. The summed E-state index contributed by atoms with van der Waals surface area (Å²) in [6.45, 7) is 3.25. The molecule has 0 radical (unpaired) electrons. The molecular formula is C14H19N3O2. The Balaban J connectivity index is 2.05. The van der Waals surface area contributed by atoms with Crippen LogP contribution in [0, 0.1) is 0 Å². The average Bonchev–Trinajstić information content (AvgIpc) is 3.01. The van der Waals surface area contributed by atoms with Crippen molar-refractivity contribution in [3.8, 4) is 11.5 Å². The van der Waals surface area contributed by atoms with Gasteiger partial charge in [0.15, 0.2) is 11.5 Å². The Labute approximate surface area is 112 Å². The second-order valence-corrected chi connectivity index (χ2v) is 4.98. The summed E-state index contributed by atoms with van der Waals surface area (Å²) >= 11 is 0. The van der Waals surface area contributed by atoms with E-state index in [2.05, 4.69) is 17.2 Å². The van der Waals surface area contributed by atoms with Crippen LogP contribution in [0.15, 0.2) is 12.1 Å². The van der Waals surface area contributed by atoms with Gasteiger partial charge in [-0.3, -0.25) is 0 Å². The number of imidazole rings is 1. The van der Waals surface area contributed by atoms with Crippen LogP contribution in [0.3, 0.4) is 0 Å². The number of methoxy groups -OCH3 is 2. The number of ether oxygens (including phenoxy) is 2. The number of hydrogen-bond acceptors (Lipinski definition) is 4. The molecular weight excluding hydrogens is 242 g/mol. The lowest BCUT2D eigenvalue weighted by Gasteiger charge is -2.11. The normalized spacial score (nSPS) is 22.9. The molecule has 0 aliphatic carbocycles. The van der Waals surface area contributed by atoms with Gasteiger partial charge in [-0.05, 0) is 19.9 Å². The van der Waals surface area contributed by atoms with Crippen LogP contribution in [-0.4, -0.2) is 36.8 Å². The monoisotopic (exact) mass is 261 g/mol. The topological polar surface area (TPSA) is 59.2 Å². The van der Waals surface area contributed by atoms with E-state index in [1.807, 2.05) is 12.1 Å². The van der Waals surface area contributed by atoms with Crippen molar-refractivity contribution in [2.75, 3.05) is 20.8 Å². The first-order valence-electron chi connectivity index (χ1n) is 6.58. The van der Waals surface area contributed by atoms with Gasteiger partial charge in [-0.2, -0.15) is 0 Å². The standard InChI is InChI=1S/C14H19N3O2/c1-8-9(4-5-15-8)14-16-10-6-12(18-2)13(19-3)7-11(10)17-14/h6-9,15H,4-5H2,1-3H3,(H,16,17). The molecule has 1 aromatic carbocycles. The molecule has 2 heterocycles.